The average molecular weight is 279 g/mol. The summed E-state index contributed by atoms with van der Waals surface area (Å²) in [5.41, 5.74) is 1.48. The number of aliphatic imine (C=N–C) groups is 1. The van der Waals surface area contributed by atoms with E-state index in [2.05, 4.69) is 26.1 Å². The summed E-state index contributed by atoms with van der Waals surface area (Å²) < 4.78 is 6.01. The zero-order valence-electron chi connectivity index (χ0n) is 8.18. The minimum absolute atomic E-state index is 0.426. The lowest BCUT2D eigenvalue weighted by molar-refractivity contribution is 0.390. The Kier molecular flexibility index (Phi) is 3.29. The van der Waals surface area contributed by atoms with Gasteiger partial charge in [-0.25, -0.2) is 4.79 Å². The predicted octanol–water partition coefficient (Wildman–Crippen LogP) is 3.00. The fourth-order valence-corrected chi connectivity index (χ4v) is 1.80. The van der Waals surface area contributed by atoms with E-state index in [1.807, 2.05) is 24.3 Å². The van der Waals surface area contributed by atoms with Crippen LogP contribution < -0.4 is 0 Å². The number of hydrogen-bond donors (Lipinski definition) is 0. The normalized spacial score (nSPS) is 9.81. The van der Waals surface area contributed by atoms with Gasteiger partial charge in [0.05, 0.1) is 6.20 Å². The summed E-state index contributed by atoms with van der Waals surface area (Å²) in [5, 5.41) is 3.60. The number of nitrogens with zero attached hydrogens (tertiary/aromatic N) is 2. The molecule has 0 N–H and O–H groups in total. The molecule has 0 amide bonds. The third kappa shape index (κ3) is 2.45. The first kappa shape index (κ1) is 10.8. The van der Waals surface area contributed by atoms with E-state index < -0.39 is 0 Å². The van der Waals surface area contributed by atoms with Gasteiger partial charge in [-0.15, -0.1) is 0 Å². The molecule has 0 saturated carbocycles. The second kappa shape index (κ2) is 4.88. The average Bonchev–Trinajstić information content (AvgIpc) is 2.66. The number of rotatable bonds is 3. The van der Waals surface area contributed by atoms with Crippen LogP contribution in [0.2, 0.25) is 0 Å². The van der Waals surface area contributed by atoms with E-state index in [-0.39, 0.29) is 0 Å². The second-order valence-corrected chi connectivity index (χ2v) is 4.06. The van der Waals surface area contributed by atoms with E-state index in [0.717, 1.165) is 10.0 Å². The summed E-state index contributed by atoms with van der Waals surface area (Å²) in [6, 6.07) is 7.80. The lowest BCUT2D eigenvalue weighted by atomic mass is 10.1. The fraction of sp³-hybridized carbons (Fsp3) is 0.0909. The molecule has 0 radical (unpaired) electrons. The predicted molar refractivity (Wildman–Crippen MR) is 61.2 cm³/mol. The maximum absolute atomic E-state index is 10.2. The van der Waals surface area contributed by atoms with E-state index in [9.17, 15) is 4.79 Å². The van der Waals surface area contributed by atoms with Crippen molar-refractivity contribution >= 4 is 27.7 Å². The number of hydrogen-bond acceptors (Lipinski definition) is 4. The summed E-state index contributed by atoms with van der Waals surface area (Å²) >= 11 is 3.38. The summed E-state index contributed by atoms with van der Waals surface area (Å²) in [6.45, 7) is 0. The van der Waals surface area contributed by atoms with Gasteiger partial charge in [0.15, 0.2) is 5.76 Å². The Labute approximate surface area is 100 Å². The standard InChI is InChI=1S/C11H7BrN2O2/c12-9-3-1-2-8(4-9)5-11-10(13-7-15)6-14-16-11/h1-4,6H,5H2. The molecule has 0 fully saturated rings. The lowest BCUT2D eigenvalue weighted by Crippen LogP contribution is -1.85. The number of aromatic nitrogens is 1. The highest BCUT2D eigenvalue weighted by molar-refractivity contribution is 9.10. The van der Waals surface area contributed by atoms with Crippen molar-refractivity contribution in [3.8, 4) is 0 Å². The van der Waals surface area contributed by atoms with Crippen LogP contribution in [0.5, 0.6) is 0 Å². The first-order valence-electron chi connectivity index (χ1n) is 4.55. The molecule has 2 rings (SSSR count). The first-order valence-corrected chi connectivity index (χ1v) is 5.35. The largest absolute Gasteiger partial charge is 0.359 e. The van der Waals surface area contributed by atoms with Gasteiger partial charge in [-0.2, -0.15) is 4.99 Å². The minimum Gasteiger partial charge on any atom is -0.359 e. The molecule has 4 nitrogen and oxygen atoms in total. The van der Waals surface area contributed by atoms with E-state index in [1.54, 1.807) is 0 Å². The van der Waals surface area contributed by atoms with Gasteiger partial charge in [0, 0.05) is 10.9 Å². The Morgan fingerprint density at radius 1 is 1.50 bits per heavy atom. The number of benzene rings is 1. The van der Waals surface area contributed by atoms with Crippen LogP contribution in [-0.2, 0) is 11.2 Å². The van der Waals surface area contributed by atoms with Gasteiger partial charge in [0.2, 0.25) is 6.08 Å². The second-order valence-electron chi connectivity index (χ2n) is 3.14. The molecule has 0 saturated heterocycles. The minimum atomic E-state index is 0.426. The summed E-state index contributed by atoms with van der Waals surface area (Å²) in [4.78, 5) is 13.7. The highest BCUT2D eigenvalue weighted by Gasteiger charge is 2.08. The number of isocyanates is 1. The van der Waals surface area contributed by atoms with Crippen LogP contribution in [0, 0.1) is 0 Å². The van der Waals surface area contributed by atoms with Crippen LogP contribution in [0.3, 0.4) is 0 Å². The first-order chi connectivity index (χ1) is 7.79. The molecule has 0 unspecified atom stereocenters. The molecule has 1 heterocycles. The molecule has 2 aromatic rings. The topological polar surface area (TPSA) is 55.5 Å². The van der Waals surface area contributed by atoms with Crippen molar-refractivity contribution in [1.29, 1.82) is 0 Å². The van der Waals surface area contributed by atoms with Gasteiger partial charge >= 0.3 is 0 Å². The van der Waals surface area contributed by atoms with Crippen LogP contribution >= 0.6 is 15.9 Å². The van der Waals surface area contributed by atoms with Crippen LogP contribution in [0.15, 0.2) is 44.5 Å². The Hall–Kier alpha value is -1.71. The Morgan fingerprint density at radius 3 is 3.12 bits per heavy atom. The molecule has 0 atom stereocenters. The molecule has 0 spiro atoms. The van der Waals surface area contributed by atoms with E-state index in [0.29, 0.717) is 17.9 Å². The van der Waals surface area contributed by atoms with Gasteiger partial charge < -0.3 is 4.52 Å². The zero-order chi connectivity index (χ0) is 11.4. The summed E-state index contributed by atoms with van der Waals surface area (Å²) in [5.74, 6) is 0.557. The van der Waals surface area contributed by atoms with Gasteiger partial charge in [0.25, 0.3) is 0 Å². The molecule has 0 aliphatic heterocycles. The van der Waals surface area contributed by atoms with Crippen molar-refractivity contribution in [1.82, 2.24) is 5.16 Å². The van der Waals surface area contributed by atoms with Crippen molar-refractivity contribution in [3.63, 3.8) is 0 Å². The molecular formula is C11H7BrN2O2. The Bertz CT molecular complexity index is 544. The van der Waals surface area contributed by atoms with Crippen LogP contribution in [0.25, 0.3) is 0 Å². The van der Waals surface area contributed by atoms with Gasteiger partial charge in [-0.3, -0.25) is 0 Å². The van der Waals surface area contributed by atoms with Crippen LogP contribution in [-0.4, -0.2) is 11.2 Å². The molecule has 0 aliphatic rings. The molecule has 1 aromatic heterocycles. The van der Waals surface area contributed by atoms with Crippen LogP contribution in [0.1, 0.15) is 11.3 Å². The maximum atomic E-state index is 10.2. The van der Waals surface area contributed by atoms with Crippen molar-refractivity contribution in [2.75, 3.05) is 0 Å². The quantitative estimate of drug-likeness (QED) is 0.641. The highest BCUT2D eigenvalue weighted by atomic mass is 79.9. The lowest BCUT2D eigenvalue weighted by Gasteiger charge is -1.98. The molecule has 0 bridgehead atoms. The van der Waals surface area contributed by atoms with Crippen molar-refractivity contribution in [2.24, 2.45) is 4.99 Å². The van der Waals surface area contributed by atoms with E-state index in [4.69, 9.17) is 4.52 Å². The molecule has 5 heteroatoms. The van der Waals surface area contributed by atoms with Crippen molar-refractivity contribution in [2.45, 2.75) is 6.42 Å². The fourth-order valence-electron chi connectivity index (χ4n) is 1.35. The Balaban J connectivity index is 2.27. The molecule has 80 valence electrons. The third-order valence-corrected chi connectivity index (χ3v) is 2.54. The molecular weight excluding hydrogens is 272 g/mol. The van der Waals surface area contributed by atoms with Gasteiger partial charge in [0.1, 0.15) is 5.69 Å². The van der Waals surface area contributed by atoms with Gasteiger partial charge in [-0.1, -0.05) is 33.2 Å². The van der Waals surface area contributed by atoms with Crippen molar-refractivity contribution < 1.29 is 9.32 Å². The molecule has 1 aromatic carbocycles. The maximum Gasteiger partial charge on any atom is 0.240 e. The third-order valence-electron chi connectivity index (χ3n) is 2.04. The highest BCUT2D eigenvalue weighted by Crippen LogP contribution is 2.22. The smallest absolute Gasteiger partial charge is 0.240 e. The van der Waals surface area contributed by atoms with Crippen molar-refractivity contribution in [3.05, 3.63) is 46.3 Å². The Morgan fingerprint density at radius 2 is 2.38 bits per heavy atom. The van der Waals surface area contributed by atoms with Gasteiger partial charge in [-0.05, 0) is 17.7 Å². The van der Waals surface area contributed by atoms with E-state index in [1.165, 1.54) is 12.3 Å². The van der Waals surface area contributed by atoms with Crippen LogP contribution in [0.4, 0.5) is 5.69 Å². The molecule has 0 aliphatic carbocycles. The summed E-state index contributed by atoms with van der Waals surface area (Å²) in [6.07, 6.45) is 3.42. The number of halogens is 1. The number of carbonyl (C=O) groups excluding carboxylic acids is 1. The molecule has 16 heavy (non-hydrogen) atoms. The summed E-state index contributed by atoms with van der Waals surface area (Å²) in [7, 11) is 0. The monoisotopic (exact) mass is 278 g/mol. The zero-order valence-corrected chi connectivity index (χ0v) is 9.77. The van der Waals surface area contributed by atoms with E-state index >= 15 is 0 Å². The SMILES string of the molecule is O=C=Nc1cnoc1Cc1cccc(Br)c1.